The largest absolute Gasteiger partial charge is 0.325 e. The molecule has 0 unspecified atom stereocenters. The lowest BCUT2D eigenvalue weighted by molar-refractivity contribution is 0.789. The van der Waals surface area contributed by atoms with Gasteiger partial charge in [0, 0.05) is 18.8 Å². The molecule has 2 aromatic heterocycles. The van der Waals surface area contributed by atoms with E-state index in [1.807, 2.05) is 42.5 Å². The summed E-state index contributed by atoms with van der Waals surface area (Å²) < 4.78 is 1.77. The van der Waals surface area contributed by atoms with Crippen molar-refractivity contribution >= 4 is 10.9 Å². The van der Waals surface area contributed by atoms with E-state index in [-0.39, 0.29) is 5.56 Å². The molecule has 0 aliphatic rings. The van der Waals surface area contributed by atoms with Crippen LogP contribution >= 0.6 is 0 Å². The minimum absolute atomic E-state index is 0.00480. The maximum absolute atomic E-state index is 12.1. The van der Waals surface area contributed by atoms with Gasteiger partial charge in [0.2, 0.25) is 0 Å². The molecule has 0 atom stereocenters. The Bertz CT molecular complexity index is 808. The Kier molecular flexibility index (Phi) is 3.31. The first-order valence-electron chi connectivity index (χ1n) is 6.50. The van der Waals surface area contributed by atoms with Crippen LogP contribution in [0.5, 0.6) is 0 Å². The van der Waals surface area contributed by atoms with Crippen LogP contribution in [0.4, 0.5) is 0 Å². The summed E-state index contributed by atoms with van der Waals surface area (Å²) in [6.07, 6.45) is 1.73. The van der Waals surface area contributed by atoms with E-state index in [9.17, 15) is 4.79 Å². The fraction of sp³-hybridized carbons (Fsp3) is 0.125. The number of pyridine rings is 2. The number of benzene rings is 1. The Morgan fingerprint density at radius 2 is 1.95 bits per heavy atom. The molecular formula is C16H15N3O. The number of aromatic nitrogens is 2. The van der Waals surface area contributed by atoms with Crippen LogP contribution in [0.1, 0.15) is 11.3 Å². The van der Waals surface area contributed by atoms with Gasteiger partial charge in [-0.2, -0.15) is 0 Å². The predicted molar refractivity (Wildman–Crippen MR) is 79.4 cm³/mol. The van der Waals surface area contributed by atoms with Crippen LogP contribution < -0.4 is 11.3 Å². The Hall–Kier alpha value is -2.46. The number of rotatable bonds is 3. The van der Waals surface area contributed by atoms with Crippen molar-refractivity contribution in [2.75, 3.05) is 0 Å². The van der Waals surface area contributed by atoms with E-state index in [4.69, 9.17) is 5.73 Å². The van der Waals surface area contributed by atoms with Crippen LogP contribution in [0.2, 0.25) is 0 Å². The SMILES string of the molecule is NCc1cc(Cn2c(=O)ccc3ccccc32)ccn1. The zero-order valence-electron chi connectivity index (χ0n) is 11.0. The molecule has 4 nitrogen and oxygen atoms in total. The summed E-state index contributed by atoms with van der Waals surface area (Å²) in [6.45, 7) is 0.925. The first kappa shape index (κ1) is 12.6. The molecule has 100 valence electrons. The fourth-order valence-electron chi connectivity index (χ4n) is 2.33. The molecule has 0 aliphatic carbocycles. The van der Waals surface area contributed by atoms with Crippen LogP contribution in [0.15, 0.2) is 59.5 Å². The monoisotopic (exact) mass is 265 g/mol. The second kappa shape index (κ2) is 5.27. The number of para-hydroxylation sites is 1. The summed E-state index contributed by atoms with van der Waals surface area (Å²) in [5.74, 6) is 0. The van der Waals surface area contributed by atoms with Gasteiger partial charge in [-0.25, -0.2) is 0 Å². The maximum atomic E-state index is 12.1. The average Bonchev–Trinajstić information content (AvgIpc) is 2.50. The first-order chi connectivity index (χ1) is 9.78. The van der Waals surface area contributed by atoms with Gasteiger partial charge in [0.15, 0.2) is 0 Å². The van der Waals surface area contributed by atoms with Crippen molar-refractivity contribution in [2.24, 2.45) is 5.73 Å². The smallest absolute Gasteiger partial charge is 0.251 e. The number of nitrogens with zero attached hydrogens (tertiary/aromatic N) is 2. The van der Waals surface area contributed by atoms with Crippen molar-refractivity contribution < 1.29 is 0 Å². The summed E-state index contributed by atoms with van der Waals surface area (Å²) in [6, 6.07) is 15.2. The zero-order chi connectivity index (χ0) is 13.9. The third-order valence-corrected chi connectivity index (χ3v) is 3.33. The van der Waals surface area contributed by atoms with Crippen LogP contribution in [-0.4, -0.2) is 9.55 Å². The van der Waals surface area contributed by atoms with Gasteiger partial charge in [-0.1, -0.05) is 18.2 Å². The fourth-order valence-corrected chi connectivity index (χ4v) is 2.33. The molecule has 3 rings (SSSR count). The van der Waals surface area contributed by atoms with Gasteiger partial charge in [0.05, 0.1) is 17.8 Å². The highest BCUT2D eigenvalue weighted by atomic mass is 16.1. The molecule has 0 fully saturated rings. The lowest BCUT2D eigenvalue weighted by Crippen LogP contribution is -2.20. The minimum Gasteiger partial charge on any atom is -0.325 e. The topological polar surface area (TPSA) is 60.9 Å². The van der Waals surface area contributed by atoms with E-state index in [0.29, 0.717) is 13.1 Å². The van der Waals surface area contributed by atoms with E-state index < -0.39 is 0 Å². The molecule has 0 amide bonds. The van der Waals surface area contributed by atoms with Crippen molar-refractivity contribution in [3.05, 3.63) is 76.3 Å². The Labute approximate surface area is 116 Å². The van der Waals surface area contributed by atoms with Gasteiger partial charge in [-0.15, -0.1) is 0 Å². The Morgan fingerprint density at radius 1 is 1.10 bits per heavy atom. The molecule has 0 bridgehead atoms. The molecular weight excluding hydrogens is 250 g/mol. The van der Waals surface area contributed by atoms with Crippen LogP contribution in [-0.2, 0) is 13.1 Å². The highest BCUT2D eigenvalue weighted by Crippen LogP contribution is 2.13. The third-order valence-electron chi connectivity index (χ3n) is 3.33. The number of nitrogens with two attached hydrogens (primary N) is 1. The molecule has 3 aromatic rings. The second-order valence-corrected chi connectivity index (χ2v) is 4.68. The highest BCUT2D eigenvalue weighted by Gasteiger charge is 2.04. The quantitative estimate of drug-likeness (QED) is 0.786. The molecule has 0 spiro atoms. The lowest BCUT2D eigenvalue weighted by Gasteiger charge is -2.10. The minimum atomic E-state index is -0.00480. The molecule has 4 heteroatoms. The molecule has 20 heavy (non-hydrogen) atoms. The zero-order valence-corrected chi connectivity index (χ0v) is 11.0. The number of hydrogen-bond acceptors (Lipinski definition) is 3. The van der Waals surface area contributed by atoms with E-state index in [2.05, 4.69) is 4.98 Å². The summed E-state index contributed by atoms with van der Waals surface area (Å²) >= 11 is 0. The van der Waals surface area contributed by atoms with Gasteiger partial charge >= 0.3 is 0 Å². The Morgan fingerprint density at radius 3 is 2.80 bits per heavy atom. The van der Waals surface area contributed by atoms with Crippen LogP contribution in [0.3, 0.4) is 0 Å². The standard InChI is InChI=1S/C16H15N3O/c17-10-14-9-12(7-8-18-14)11-19-15-4-2-1-3-13(15)5-6-16(19)20/h1-9H,10-11,17H2. The maximum Gasteiger partial charge on any atom is 0.251 e. The van der Waals surface area contributed by atoms with Gasteiger partial charge in [-0.3, -0.25) is 9.78 Å². The molecule has 0 saturated carbocycles. The number of hydrogen-bond donors (Lipinski definition) is 1. The van der Waals surface area contributed by atoms with Crippen molar-refractivity contribution in [2.45, 2.75) is 13.1 Å². The summed E-state index contributed by atoms with van der Waals surface area (Å²) in [7, 11) is 0. The van der Waals surface area contributed by atoms with Crippen LogP contribution in [0, 0.1) is 0 Å². The van der Waals surface area contributed by atoms with E-state index >= 15 is 0 Å². The molecule has 2 heterocycles. The molecule has 0 radical (unpaired) electrons. The molecule has 0 saturated heterocycles. The van der Waals surface area contributed by atoms with Gasteiger partial charge in [0.1, 0.15) is 0 Å². The van der Waals surface area contributed by atoms with Crippen molar-refractivity contribution in [1.82, 2.24) is 9.55 Å². The normalized spacial score (nSPS) is 10.8. The Balaban J connectivity index is 2.10. The first-order valence-corrected chi connectivity index (χ1v) is 6.50. The van der Waals surface area contributed by atoms with E-state index in [0.717, 1.165) is 22.2 Å². The van der Waals surface area contributed by atoms with Gasteiger partial charge < -0.3 is 10.3 Å². The van der Waals surface area contributed by atoms with Crippen molar-refractivity contribution in [1.29, 1.82) is 0 Å². The predicted octanol–water partition coefficient (Wildman–Crippen LogP) is 1.90. The summed E-state index contributed by atoms with van der Waals surface area (Å²) in [5, 5.41) is 1.06. The molecule has 0 aliphatic heterocycles. The second-order valence-electron chi connectivity index (χ2n) is 4.68. The van der Waals surface area contributed by atoms with Gasteiger partial charge in [0.25, 0.3) is 5.56 Å². The van der Waals surface area contributed by atoms with Crippen LogP contribution in [0.25, 0.3) is 10.9 Å². The summed E-state index contributed by atoms with van der Waals surface area (Å²) in [5.41, 5.74) is 8.39. The molecule has 1 aromatic carbocycles. The average molecular weight is 265 g/mol. The molecule has 2 N–H and O–H groups in total. The summed E-state index contributed by atoms with van der Waals surface area (Å²) in [4.78, 5) is 16.3. The van der Waals surface area contributed by atoms with E-state index in [1.54, 1.807) is 16.8 Å². The van der Waals surface area contributed by atoms with Gasteiger partial charge in [-0.05, 0) is 35.2 Å². The highest BCUT2D eigenvalue weighted by molar-refractivity contribution is 5.78. The lowest BCUT2D eigenvalue weighted by atomic mass is 10.2. The van der Waals surface area contributed by atoms with Crippen molar-refractivity contribution in [3.8, 4) is 0 Å². The van der Waals surface area contributed by atoms with E-state index in [1.165, 1.54) is 0 Å². The third kappa shape index (κ3) is 2.33. The number of fused-ring (bicyclic) bond motifs is 1. The van der Waals surface area contributed by atoms with Crippen molar-refractivity contribution in [3.63, 3.8) is 0 Å².